The zero-order valence-corrected chi connectivity index (χ0v) is 21.6. The molecule has 0 spiro atoms. The van der Waals surface area contributed by atoms with E-state index in [1.807, 2.05) is 19.2 Å². The van der Waals surface area contributed by atoms with Crippen LogP contribution in [0.5, 0.6) is 0 Å². The number of fused-ring (bicyclic) bond motifs is 2. The first-order valence-electron chi connectivity index (χ1n) is 10.4. The van der Waals surface area contributed by atoms with Crippen LogP contribution in [0, 0.1) is 5.92 Å². The van der Waals surface area contributed by atoms with E-state index in [0.29, 0.717) is 25.4 Å². The van der Waals surface area contributed by atoms with Crippen LogP contribution in [0.2, 0.25) is 5.02 Å². The number of hydrogen-bond acceptors (Lipinski definition) is 3. The molecule has 0 saturated carbocycles. The molecule has 2 aromatic rings. The van der Waals surface area contributed by atoms with Crippen LogP contribution < -0.4 is 0 Å². The quantitative estimate of drug-likeness (QED) is 0.453. The van der Waals surface area contributed by atoms with E-state index in [1.165, 1.54) is 16.7 Å². The third kappa shape index (κ3) is 4.51. The van der Waals surface area contributed by atoms with E-state index >= 15 is 0 Å². The Hall–Kier alpha value is -0.470. The van der Waals surface area contributed by atoms with Crippen molar-refractivity contribution in [1.29, 1.82) is 0 Å². The average molecular weight is 577 g/mol. The third-order valence-corrected chi connectivity index (χ3v) is 9.63. The van der Waals surface area contributed by atoms with Crippen LogP contribution in [0.15, 0.2) is 33.3 Å². The van der Waals surface area contributed by atoms with Crippen LogP contribution in [-0.4, -0.2) is 36.5 Å². The van der Waals surface area contributed by atoms with Gasteiger partial charge in [0.2, 0.25) is 10.0 Å². The van der Waals surface area contributed by atoms with Crippen molar-refractivity contribution in [3.8, 4) is 0 Å². The third-order valence-electron chi connectivity index (χ3n) is 6.24. The molecule has 1 aliphatic heterocycles. The molecule has 1 unspecified atom stereocenters. The highest BCUT2D eigenvalue weighted by molar-refractivity contribution is 9.10. The number of benzene rings is 1. The number of piperidine rings is 1. The van der Waals surface area contributed by atoms with Gasteiger partial charge < -0.3 is 0 Å². The van der Waals surface area contributed by atoms with Crippen molar-refractivity contribution in [2.24, 2.45) is 5.92 Å². The van der Waals surface area contributed by atoms with Gasteiger partial charge in [-0.05, 0) is 88.8 Å². The van der Waals surface area contributed by atoms with Gasteiger partial charge in [0.25, 0.3) is 0 Å². The van der Waals surface area contributed by atoms with Gasteiger partial charge in [0.05, 0.1) is 11.4 Å². The number of sulfonamides is 1. The number of hydrogen-bond donors (Lipinski definition) is 0. The second-order valence-electron chi connectivity index (χ2n) is 8.19. The summed E-state index contributed by atoms with van der Waals surface area (Å²) in [5, 5.41) is 0.736. The van der Waals surface area contributed by atoms with Gasteiger partial charge in [-0.3, -0.25) is 4.98 Å². The normalized spacial score (nSPS) is 20.5. The summed E-state index contributed by atoms with van der Waals surface area (Å²) in [6.45, 7) is 3.07. The first-order chi connectivity index (χ1) is 14.3. The van der Waals surface area contributed by atoms with E-state index in [-0.39, 0.29) is 11.7 Å². The highest BCUT2D eigenvalue weighted by Gasteiger charge is 2.37. The second kappa shape index (κ2) is 9.18. The van der Waals surface area contributed by atoms with Crippen LogP contribution in [0.25, 0.3) is 0 Å². The van der Waals surface area contributed by atoms with E-state index in [4.69, 9.17) is 16.6 Å². The molecule has 0 N–H and O–H groups in total. The minimum Gasteiger partial charge on any atom is -0.259 e. The zero-order chi connectivity index (χ0) is 21.5. The van der Waals surface area contributed by atoms with Crippen molar-refractivity contribution in [1.82, 2.24) is 9.29 Å². The van der Waals surface area contributed by atoms with Crippen LogP contribution >= 0.6 is 43.5 Å². The minimum absolute atomic E-state index is 0.133. The fourth-order valence-corrected chi connectivity index (χ4v) is 7.95. The van der Waals surface area contributed by atoms with Gasteiger partial charge in [-0.25, -0.2) is 12.7 Å². The number of halogens is 3. The van der Waals surface area contributed by atoms with Crippen molar-refractivity contribution >= 4 is 53.5 Å². The average Bonchev–Trinajstić information content (AvgIpc) is 2.85. The lowest BCUT2D eigenvalue weighted by Gasteiger charge is -2.36. The van der Waals surface area contributed by atoms with Crippen LogP contribution in [0.4, 0.5) is 0 Å². The van der Waals surface area contributed by atoms with Crippen LogP contribution in [0.3, 0.4) is 0 Å². The Morgan fingerprint density at radius 1 is 1.13 bits per heavy atom. The highest BCUT2D eigenvalue weighted by Crippen LogP contribution is 2.46. The predicted molar refractivity (Wildman–Crippen MR) is 129 cm³/mol. The molecule has 1 aromatic heterocycles. The number of aromatic nitrogens is 1. The maximum absolute atomic E-state index is 12.5. The molecule has 2 aliphatic rings. The fourth-order valence-electron chi connectivity index (χ4n) is 4.90. The lowest BCUT2D eigenvalue weighted by Crippen LogP contribution is -2.41. The fraction of sp³-hybridized carbons (Fsp3) is 0.500. The maximum Gasteiger partial charge on any atom is 0.214 e. The Morgan fingerprint density at radius 2 is 1.83 bits per heavy atom. The maximum atomic E-state index is 12.5. The molecule has 2 heterocycles. The van der Waals surface area contributed by atoms with Crippen LogP contribution in [-0.2, 0) is 22.9 Å². The van der Waals surface area contributed by atoms with Crippen molar-refractivity contribution in [2.45, 2.75) is 44.9 Å². The van der Waals surface area contributed by atoms with Gasteiger partial charge in [-0.15, -0.1) is 0 Å². The monoisotopic (exact) mass is 574 g/mol. The molecule has 0 radical (unpaired) electrons. The SMILES string of the molecule is CCCS(=O)(=O)N1CCC(C2c3ncc(Br)cc3CCc3cc(Cl)cc(Br)c32)CC1. The highest BCUT2D eigenvalue weighted by atomic mass is 79.9. The molecule has 0 bridgehead atoms. The molecule has 1 saturated heterocycles. The van der Waals surface area contributed by atoms with Crippen molar-refractivity contribution in [3.05, 3.63) is 60.7 Å². The molecule has 1 atom stereocenters. The second-order valence-corrected chi connectivity index (χ2v) is 12.5. The molecule has 30 heavy (non-hydrogen) atoms. The van der Waals surface area contributed by atoms with Gasteiger partial charge in [0.1, 0.15) is 0 Å². The number of rotatable bonds is 4. The largest absolute Gasteiger partial charge is 0.259 e. The topological polar surface area (TPSA) is 50.3 Å². The summed E-state index contributed by atoms with van der Waals surface area (Å²) in [6, 6.07) is 6.23. The minimum atomic E-state index is -3.15. The van der Waals surface area contributed by atoms with Gasteiger partial charge >= 0.3 is 0 Å². The molecule has 4 rings (SSSR count). The first-order valence-corrected chi connectivity index (χ1v) is 14.0. The Morgan fingerprint density at radius 3 is 2.53 bits per heavy atom. The molecule has 1 aromatic carbocycles. The summed E-state index contributed by atoms with van der Waals surface area (Å²) in [7, 11) is -3.15. The Balaban J connectivity index is 1.73. The van der Waals surface area contributed by atoms with Crippen molar-refractivity contribution in [3.63, 3.8) is 0 Å². The Kier molecular flexibility index (Phi) is 6.95. The summed E-state index contributed by atoms with van der Waals surface area (Å²) in [4.78, 5) is 4.86. The van der Waals surface area contributed by atoms with Crippen molar-refractivity contribution < 1.29 is 8.42 Å². The summed E-state index contributed by atoms with van der Waals surface area (Å²) in [5.74, 6) is 0.694. The van der Waals surface area contributed by atoms with E-state index < -0.39 is 10.0 Å². The zero-order valence-electron chi connectivity index (χ0n) is 16.9. The van der Waals surface area contributed by atoms with E-state index in [9.17, 15) is 8.42 Å². The standard InChI is InChI=1S/C22H25Br2ClN2O2S/c1-2-9-30(28,29)27-7-5-14(6-8-27)21-20-15(11-18(25)12-19(20)24)3-4-16-10-17(23)13-26-22(16)21/h10-14,21H,2-9H2,1H3. The molecular formula is C22H25Br2ClN2O2S. The molecular weight excluding hydrogens is 552 g/mol. The molecule has 0 amide bonds. The first kappa shape index (κ1) is 22.7. The Bertz CT molecular complexity index is 1050. The predicted octanol–water partition coefficient (Wildman–Crippen LogP) is 5.94. The van der Waals surface area contributed by atoms with Gasteiger partial charge in [-0.1, -0.05) is 34.5 Å². The number of pyridine rings is 1. The molecule has 162 valence electrons. The number of aryl methyl sites for hydroxylation is 2. The summed E-state index contributed by atoms with van der Waals surface area (Å²) >= 11 is 13.7. The lowest BCUT2D eigenvalue weighted by atomic mass is 9.77. The smallest absolute Gasteiger partial charge is 0.214 e. The van der Waals surface area contributed by atoms with Gasteiger partial charge in [-0.2, -0.15) is 0 Å². The molecule has 8 heteroatoms. The van der Waals surface area contributed by atoms with E-state index in [0.717, 1.165) is 45.3 Å². The summed E-state index contributed by atoms with van der Waals surface area (Å²) in [5.41, 5.74) is 4.90. The number of nitrogens with zero attached hydrogens (tertiary/aromatic N) is 2. The van der Waals surface area contributed by atoms with Crippen molar-refractivity contribution in [2.75, 3.05) is 18.8 Å². The molecule has 1 fully saturated rings. The summed E-state index contributed by atoms with van der Waals surface area (Å²) < 4.78 is 28.8. The van der Waals surface area contributed by atoms with E-state index in [2.05, 4.69) is 44.0 Å². The Labute approximate surface area is 200 Å². The van der Waals surface area contributed by atoms with Gasteiger partial charge in [0.15, 0.2) is 0 Å². The summed E-state index contributed by atoms with van der Waals surface area (Å²) in [6.07, 6.45) is 6.03. The van der Waals surface area contributed by atoms with Gasteiger partial charge in [0, 0.05) is 39.2 Å². The lowest BCUT2D eigenvalue weighted by molar-refractivity contribution is 0.254. The van der Waals surface area contributed by atoms with Crippen LogP contribution in [0.1, 0.15) is 54.5 Å². The van der Waals surface area contributed by atoms with E-state index in [1.54, 1.807) is 4.31 Å². The molecule has 1 aliphatic carbocycles. The molecule has 4 nitrogen and oxygen atoms in total.